The Kier molecular flexibility index (Phi) is 7.59. The number of carbonyl (C=O) groups excluding carboxylic acids is 1. The van der Waals surface area contributed by atoms with Crippen LogP contribution in [0.5, 0.6) is 0 Å². The van der Waals surface area contributed by atoms with Gasteiger partial charge in [0.1, 0.15) is 24.1 Å². The van der Waals surface area contributed by atoms with Gasteiger partial charge in [-0.3, -0.25) is 4.79 Å². The molecule has 0 atom stereocenters. The highest BCUT2D eigenvalue weighted by molar-refractivity contribution is 8.02. The molecule has 36 heavy (non-hydrogen) atoms. The number of fused-ring (bicyclic) bond motifs is 2. The molecule has 4 rings (SSSR count). The molecule has 0 aliphatic rings. The molecule has 0 aliphatic heterocycles. The molecule has 2 nitrogen and oxygen atoms in total. The molecule has 0 bridgehead atoms. The first-order valence-electron chi connectivity index (χ1n) is 10.2. The molecular formula is C24H17BF8O2S. The molecule has 0 amide bonds. The normalized spacial score (nSPS) is 11.9. The summed E-state index contributed by atoms with van der Waals surface area (Å²) >= 11 is 0. The van der Waals surface area contributed by atoms with Crippen LogP contribution in [0, 0.1) is 29.1 Å². The van der Waals surface area contributed by atoms with Crippen LogP contribution in [0.15, 0.2) is 54.6 Å². The summed E-state index contributed by atoms with van der Waals surface area (Å²) in [4.78, 5) is 12.7. The molecule has 0 saturated heterocycles. The Bertz CT molecular complexity index is 1450. The molecule has 0 saturated carbocycles. The van der Waals surface area contributed by atoms with Crippen LogP contribution >= 0.6 is 0 Å². The van der Waals surface area contributed by atoms with Crippen LogP contribution in [-0.4, -0.2) is 31.0 Å². The number of hydrogen-bond donors (Lipinski definition) is 0. The lowest BCUT2D eigenvalue weighted by atomic mass is 9.79. The van der Waals surface area contributed by atoms with Crippen molar-refractivity contribution in [3.05, 3.63) is 89.2 Å². The van der Waals surface area contributed by atoms with Gasteiger partial charge in [-0.25, -0.2) is 22.0 Å². The van der Waals surface area contributed by atoms with Crippen LogP contribution in [-0.2, 0) is 14.1 Å². The molecule has 4 aromatic carbocycles. The molecule has 0 heterocycles. The number of ketones is 1. The minimum absolute atomic E-state index is 0.0435. The zero-order chi connectivity index (χ0) is 27.0. The quantitative estimate of drug-likeness (QED) is 0.0583. The second kappa shape index (κ2) is 10.0. The third kappa shape index (κ3) is 5.58. The van der Waals surface area contributed by atoms with Crippen molar-refractivity contribution in [3.8, 4) is 0 Å². The SMILES string of the molecule is C[S+](C)(=O)CC(=O)c1c2ccccc2cc2ccccc12.Fc1c(F)c(F)c([B-](F)(F)F)c(F)c1F. The first-order chi connectivity index (χ1) is 16.6. The van der Waals surface area contributed by atoms with Gasteiger partial charge in [0, 0.05) is 5.56 Å². The van der Waals surface area contributed by atoms with Crippen molar-refractivity contribution < 1.29 is 43.9 Å². The lowest BCUT2D eigenvalue weighted by Crippen LogP contribution is -2.41. The Morgan fingerprint density at radius 2 is 1.11 bits per heavy atom. The molecular weight excluding hydrogens is 515 g/mol. The highest BCUT2D eigenvalue weighted by atomic mass is 32.2. The van der Waals surface area contributed by atoms with E-state index in [1.54, 1.807) is 12.5 Å². The van der Waals surface area contributed by atoms with Crippen LogP contribution in [0.2, 0.25) is 0 Å². The number of carbonyl (C=O) groups is 1. The van der Waals surface area contributed by atoms with E-state index >= 15 is 0 Å². The second-order valence-corrected chi connectivity index (χ2v) is 11.4. The van der Waals surface area contributed by atoms with Crippen LogP contribution in [0.4, 0.5) is 34.9 Å². The summed E-state index contributed by atoms with van der Waals surface area (Å²) in [6, 6.07) is 17.8. The lowest BCUT2D eigenvalue weighted by Gasteiger charge is -2.17. The van der Waals surface area contributed by atoms with Gasteiger partial charge in [0.2, 0.25) is 5.78 Å². The predicted molar refractivity (Wildman–Crippen MR) is 125 cm³/mol. The Morgan fingerprint density at radius 3 is 1.50 bits per heavy atom. The van der Waals surface area contributed by atoms with Crippen molar-refractivity contribution in [2.24, 2.45) is 0 Å². The fourth-order valence-electron chi connectivity index (χ4n) is 3.61. The zero-order valence-electron chi connectivity index (χ0n) is 18.7. The van der Waals surface area contributed by atoms with Gasteiger partial charge in [0.25, 0.3) is 0 Å². The van der Waals surface area contributed by atoms with Crippen LogP contribution < -0.4 is 5.46 Å². The van der Waals surface area contributed by atoms with Gasteiger partial charge in [0.05, 0.1) is 9.93 Å². The van der Waals surface area contributed by atoms with Gasteiger partial charge in [-0.15, -0.1) is 4.21 Å². The van der Waals surface area contributed by atoms with Crippen molar-refractivity contribution in [2.45, 2.75) is 0 Å². The summed E-state index contributed by atoms with van der Waals surface area (Å²) in [6.45, 7) is -6.30. The molecule has 4 aromatic rings. The average Bonchev–Trinajstić information content (AvgIpc) is 2.78. The molecule has 0 N–H and O–H groups in total. The average molecular weight is 532 g/mol. The first-order valence-corrected chi connectivity index (χ1v) is 12.7. The zero-order valence-corrected chi connectivity index (χ0v) is 19.5. The molecule has 0 radical (unpaired) electrons. The third-order valence-corrected chi connectivity index (χ3v) is 6.06. The van der Waals surface area contributed by atoms with Crippen molar-refractivity contribution >= 4 is 49.7 Å². The van der Waals surface area contributed by atoms with Crippen molar-refractivity contribution in [1.29, 1.82) is 0 Å². The minimum Gasteiger partial charge on any atom is -0.445 e. The number of Topliss-reactive ketones (excluding diaryl/α,β-unsaturated/α-hetero) is 1. The highest BCUT2D eigenvalue weighted by Crippen LogP contribution is 2.29. The van der Waals surface area contributed by atoms with Gasteiger partial charge in [-0.1, -0.05) is 48.5 Å². The van der Waals surface area contributed by atoms with E-state index in [0.29, 0.717) is 5.56 Å². The fourth-order valence-corrected chi connectivity index (χ4v) is 4.39. The highest BCUT2D eigenvalue weighted by Gasteiger charge is 2.37. The summed E-state index contributed by atoms with van der Waals surface area (Å²) in [6.07, 6.45) is 3.27. The van der Waals surface area contributed by atoms with Gasteiger partial charge >= 0.3 is 6.98 Å². The van der Waals surface area contributed by atoms with E-state index in [2.05, 4.69) is 6.07 Å². The van der Waals surface area contributed by atoms with Gasteiger partial charge in [-0.2, -0.15) is 0 Å². The Balaban J connectivity index is 0.000000214. The Labute approximate surface area is 201 Å². The minimum atomic E-state index is -6.30. The summed E-state index contributed by atoms with van der Waals surface area (Å²) in [5.41, 5.74) is -2.04. The van der Waals surface area contributed by atoms with E-state index in [9.17, 15) is 43.9 Å². The Morgan fingerprint density at radius 1 is 0.722 bits per heavy atom. The molecule has 0 unspecified atom stereocenters. The molecule has 12 heteroatoms. The maximum absolute atomic E-state index is 12.7. The van der Waals surface area contributed by atoms with Crippen molar-refractivity contribution in [1.82, 2.24) is 0 Å². The number of rotatable bonds is 4. The molecule has 0 spiro atoms. The third-order valence-electron chi connectivity index (χ3n) is 5.10. The van der Waals surface area contributed by atoms with E-state index in [-0.39, 0.29) is 11.5 Å². The predicted octanol–water partition coefficient (Wildman–Crippen LogP) is 6.37. The van der Waals surface area contributed by atoms with Gasteiger partial charge < -0.3 is 12.9 Å². The standard InChI is InChI=1S/C18H17O2S.C6BF8/c1-21(2,20)12-17(19)18-15-9-5-3-7-13(15)11-14-8-4-6-10-16(14)18;8-2-1(7(13,14)15)3(9)5(11)6(12)4(2)10/h3-11H,12H2,1-2H3;/q+1;-1. The molecule has 0 aliphatic carbocycles. The van der Waals surface area contributed by atoms with E-state index in [0.717, 1.165) is 21.5 Å². The number of benzene rings is 4. The second-order valence-electron chi connectivity index (χ2n) is 8.26. The first kappa shape index (κ1) is 27.3. The number of hydrogen-bond acceptors (Lipinski definition) is 2. The van der Waals surface area contributed by atoms with E-state index in [1.807, 2.05) is 48.5 Å². The number of halogens is 8. The van der Waals surface area contributed by atoms with Crippen LogP contribution in [0.1, 0.15) is 10.4 Å². The topological polar surface area (TPSA) is 34.1 Å². The van der Waals surface area contributed by atoms with Crippen molar-refractivity contribution in [2.75, 3.05) is 18.3 Å². The summed E-state index contributed by atoms with van der Waals surface area (Å²) in [7, 11) is -2.11. The maximum Gasteiger partial charge on any atom is 0.515 e. The van der Waals surface area contributed by atoms with Crippen LogP contribution in [0.3, 0.4) is 0 Å². The van der Waals surface area contributed by atoms with E-state index < -0.39 is 51.5 Å². The summed E-state index contributed by atoms with van der Waals surface area (Å²) in [5, 5.41) is 3.95. The molecule has 0 aromatic heterocycles. The van der Waals surface area contributed by atoms with Gasteiger partial charge in [-0.05, 0) is 33.1 Å². The van der Waals surface area contributed by atoms with E-state index in [4.69, 9.17) is 0 Å². The summed E-state index contributed by atoms with van der Waals surface area (Å²) < 4.78 is 110. The largest absolute Gasteiger partial charge is 0.515 e. The maximum atomic E-state index is 12.7. The summed E-state index contributed by atoms with van der Waals surface area (Å²) in [5.74, 6) is -13.5. The fraction of sp³-hybridized carbons (Fsp3) is 0.125. The molecule has 0 fully saturated rings. The molecule has 190 valence electrons. The van der Waals surface area contributed by atoms with E-state index in [1.165, 1.54) is 0 Å². The lowest BCUT2D eigenvalue weighted by molar-refractivity contribution is 0.102. The van der Waals surface area contributed by atoms with Crippen molar-refractivity contribution in [3.63, 3.8) is 0 Å². The van der Waals surface area contributed by atoms with Gasteiger partial charge in [0.15, 0.2) is 23.2 Å². The smallest absolute Gasteiger partial charge is 0.445 e. The Hall–Kier alpha value is -3.28. The monoisotopic (exact) mass is 532 g/mol. The van der Waals surface area contributed by atoms with Crippen LogP contribution in [0.25, 0.3) is 21.5 Å².